The van der Waals surface area contributed by atoms with Gasteiger partial charge < -0.3 is 14.6 Å². The van der Waals surface area contributed by atoms with Crippen LogP contribution in [0.5, 0.6) is 0 Å². The average molecular weight is 417 g/mol. The molecule has 0 saturated carbocycles. The third kappa shape index (κ3) is 4.41. The van der Waals surface area contributed by atoms with Crippen LogP contribution in [0.4, 0.5) is 0 Å². The first kappa shape index (κ1) is 19.5. The fraction of sp³-hybridized carbons (Fsp3) is 0.429. The summed E-state index contributed by atoms with van der Waals surface area (Å²) in [6, 6.07) is 11.1. The number of nitrogens with zero attached hydrogens (tertiary/aromatic N) is 1. The number of thioether (sulfide) groups is 2. The first-order valence-electron chi connectivity index (χ1n) is 9.66. The summed E-state index contributed by atoms with van der Waals surface area (Å²) >= 11 is 3.94. The third-order valence-corrected chi connectivity index (χ3v) is 8.11. The van der Waals surface area contributed by atoms with Crippen LogP contribution in [-0.2, 0) is 11.3 Å². The van der Waals surface area contributed by atoms with E-state index < -0.39 is 6.04 Å². The number of amides is 2. The molecule has 1 atom stereocenters. The van der Waals surface area contributed by atoms with Crippen LogP contribution in [0.15, 0.2) is 47.1 Å². The van der Waals surface area contributed by atoms with Crippen molar-refractivity contribution in [3.8, 4) is 0 Å². The summed E-state index contributed by atoms with van der Waals surface area (Å²) in [5.41, 5.74) is 1.92. The van der Waals surface area contributed by atoms with Crippen LogP contribution in [0.3, 0.4) is 0 Å². The van der Waals surface area contributed by atoms with Gasteiger partial charge in [-0.15, -0.1) is 23.5 Å². The normalized spacial score (nSPS) is 20.3. The molecule has 0 aliphatic carbocycles. The number of nitrogens with one attached hydrogen (secondary N) is 1. The van der Waals surface area contributed by atoms with Gasteiger partial charge in [0, 0.05) is 12.1 Å². The fourth-order valence-electron chi connectivity index (χ4n) is 3.62. The summed E-state index contributed by atoms with van der Waals surface area (Å²) in [5.74, 6) is 2.92. The molecule has 5 nitrogen and oxygen atoms in total. The Morgan fingerprint density at radius 1 is 1.11 bits per heavy atom. The molecule has 0 bridgehead atoms. The zero-order valence-corrected chi connectivity index (χ0v) is 17.3. The molecule has 0 spiro atoms. The molecule has 7 heteroatoms. The van der Waals surface area contributed by atoms with E-state index in [-0.39, 0.29) is 11.8 Å². The highest BCUT2D eigenvalue weighted by Crippen LogP contribution is 2.43. The van der Waals surface area contributed by atoms with Crippen LogP contribution in [0.2, 0.25) is 0 Å². The molecular weight excluding hydrogens is 392 g/mol. The standard InChI is InChI=1S/C21H24N2O3S2/c24-19(22-14-17-4-2-11-26-17)18-5-1-10-23(18)20(25)15-6-8-16(9-7-15)21-27-12-3-13-28-21/h2,4,6-9,11,18,21H,1,3,5,10,12-14H2,(H,22,24). The molecule has 4 rings (SSSR count). The predicted octanol–water partition coefficient (Wildman–Crippen LogP) is 4.07. The van der Waals surface area contributed by atoms with E-state index in [1.54, 1.807) is 17.2 Å². The van der Waals surface area contributed by atoms with Crippen LogP contribution in [0.25, 0.3) is 0 Å². The van der Waals surface area contributed by atoms with Crippen LogP contribution in [-0.4, -0.2) is 40.8 Å². The summed E-state index contributed by atoms with van der Waals surface area (Å²) in [5, 5.41) is 2.88. The second-order valence-corrected chi connectivity index (χ2v) is 9.73. The van der Waals surface area contributed by atoms with E-state index >= 15 is 0 Å². The summed E-state index contributed by atoms with van der Waals surface area (Å²) in [6.07, 6.45) is 4.39. The van der Waals surface area contributed by atoms with Gasteiger partial charge in [-0.05, 0) is 60.6 Å². The molecule has 3 heterocycles. The Bertz CT molecular complexity index is 802. The maximum Gasteiger partial charge on any atom is 0.254 e. The summed E-state index contributed by atoms with van der Waals surface area (Å²) in [7, 11) is 0. The van der Waals surface area contributed by atoms with E-state index in [2.05, 4.69) is 17.4 Å². The zero-order chi connectivity index (χ0) is 19.3. The molecule has 2 aliphatic heterocycles. The minimum atomic E-state index is -0.411. The van der Waals surface area contributed by atoms with Gasteiger partial charge in [0.25, 0.3) is 5.91 Å². The van der Waals surface area contributed by atoms with Crippen molar-refractivity contribution in [1.82, 2.24) is 10.2 Å². The maximum absolute atomic E-state index is 13.0. The minimum Gasteiger partial charge on any atom is -0.467 e. The summed E-state index contributed by atoms with van der Waals surface area (Å²) in [4.78, 5) is 27.3. The lowest BCUT2D eigenvalue weighted by Crippen LogP contribution is -2.45. The predicted molar refractivity (Wildman–Crippen MR) is 113 cm³/mol. The monoisotopic (exact) mass is 416 g/mol. The molecule has 0 radical (unpaired) electrons. The third-order valence-electron chi connectivity index (χ3n) is 5.09. The Kier molecular flexibility index (Phi) is 6.32. The molecule has 148 valence electrons. The lowest BCUT2D eigenvalue weighted by Gasteiger charge is -2.24. The molecule has 2 saturated heterocycles. The highest BCUT2D eigenvalue weighted by atomic mass is 32.2. The van der Waals surface area contributed by atoms with Gasteiger partial charge in [-0.2, -0.15) is 0 Å². The minimum absolute atomic E-state index is 0.0638. The first-order valence-corrected chi connectivity index (χ1v) is 11.8. The molecule has 2 aromatic rings. The van der Waals surface area contributed by atoms with E-state index in [0.29, 0.717) is 35.4 Å². The summed E-state index contributed by atoms with van der Waals surface area (Å²) in [6.45, 7) is 0.962. The van der Waals surface area contributed by atoms with Gasteiger partial charge in [0.15, 0.2) is 0 Å². The number of hydrogen-bond donors (Lipinski definition) is 1. The molecule has 2 aliphatic rings. The molecule has 2 amide bonds. The topological polar surface area (TPSA) is 62.6 Å². The van der Waals surface area contributed by atoms with Gasteiger partial charge in [-0.1, -0.05) is 12.1 Å². The van der Waals surface area contributed by atoms with Gasteiger partial charge in [0.2, 0.25) is 5.91 Å². The molecule has 1 aromatic heterocycles. The Morgan fingerprint density at radius 3 is 2.61 bits per heavy atom. The van der Waals surface area contributed by atoms with Gasteiger partial charge in [0.05, 0.1) is 17.4 Å². The molecule has 1 unspecified atom stereocenters. The van der Waals surface area contributed by atoms with Crippen LogP contribution in [0, 0.1) is 0 Å². The SMILES string of the molecule is O=C(NCc1ccco1)C1CCCN1C(=O)c1ccc(C2SCCCS2)cc1. The van der Waals surface area contributed by atoms with Crippen molar-refractivity contribution in [2.24, 2.45) is 0 Å². The first-order chi connectivity index (χ1) is 13.7. The summed E-state index contributed by atoms with van der Waals surface area (Å²) < 4.78 is 5.72. The van der Waals surface area contributed by atoms with Crippen molar-refractivity contribution < 1.29 is 14.0 Å². The van der Waals surface area contributed by atoms with Crippen LogP contribution in [0.1, 0.15) is 45.5 Å². The van der Waals surface area contributed by atoms with Gasteiger partial charge in [-0.25, -0.2) is 0 Å². The molecule has 2 fully saturated rings. The smallest absolute Gasteiger partial charge is 0.254 e. The Labute approximate surface area is 173 Å². The number of likely N-dealkylation sites (tertiary alicyclic amines) is 1. The van der Waals surface area contributed by atoms with E-state index in [9.17, 15) is 9.59 Å². The largest absolute Gasteiger partial charge is 0.467 e. The van der Waals surface area contributed by atoms with Crippen molar-refractivity contribution in [3.63, 3.8) is 0 Å². The number of benzene rings is 1. The Hall–Kier alpha value is -1.86. The molecule has 1 aromatic carbocycles. The van der Waals surface area contributed by atoms with Crippen molar-refractivity contribution in [1.29, 1.82) is 0 Å². The second kappa shape index (κ2) is 9.09. The number of carbonyl (C=O) groups is 2. The van der Waals surface area contributed by atoms with Crippen molar-refractivity contribution in [3.05, 3.63) is 59.5 Å². The van der Waals surface area contributed by atoms with E-state index in [1.165, 1.54) is 23.5 Å². The highest BCUT2D eigenvalue weighted by molar-refractivity contribution is 8.16. The fourth-order valence-corrected chi connectivity index (χ4v) is 6.51. The van der Waals surface area contributed by atoms with E-state index in [1.807, 2.05) is 41.7 Å². The quantitative estimate of drug-likeness (QED) is 0.796. The van der Waals surface area contributed by atoms with Gasteiger partial charge in [-0.3, -0.25) is 9.59 Å². The van der Waals surface area contributed by atoms with Crippen molar-refractivity contribution in [2.75, 3.05) is 18.1 Å². The Balaban J connectivity index is 1.39. The van der Waals surface area contributed by atoms with Gasteiger partial charge in [0.1, 0.15) is 11.8 Å². The van der Waals surface area contributed by atoms with Crippen LogP contribution < -0.4 is 5.32 Å². The van der Waals surface area contributed by atoms with Crippen molar-refractivity contribution >= 4 is 35.3 Å². The van der Waals surface area contributed by atoms with Gasteiger partial charge >= 0.3 is 0 Å². The van der Waals surface area contributed by atoms with Crippen LogP contribution >= 0.6 is 23.5 Å². The Morgan fingerprint density at radius 2 is 1.89 bits per heavy atom. The van der Waals surface area contributed by atoms with Crippen molar-refractivity contribution in [2.45, 2.75) is 36.4 Å². The second-order valence-electron chi connectivity index (χ2n) is 7.00. The molecular formula is C21H24N2O3S2. The lowest BCUT2D eigenvalue weighted by molar-refractivity contribution is -0.125. The number of rotatable bonds is 5. The number of furan rings is 1. The number of carbonyl (C=O) groups excluding carboxylic acids is 2. The lowest BCUT2D eigenvalue weighted by atomic mass is 10.1. The zero-order valence-electron chi connectivity index (χ0n) is 15.6. The average Bonchev–Trinajstić information content (AvgIpc) is 3.44. The highest BCUT2D eigenvalue weighted by Gasteiger charge is 2.34. The van der Waals surface area contributed by atoms with E-state index in [4.69, 9.17) is 4.42 Å². The number of hydrogen-bond acceptors (Lipinski definition) is 5. The van der Waals surface area contributed by atoms with E-state index in [0.717, 1.165) is 6.42 Å². The molecule has 1 N–H and O–H groups in total. The maximum atomic E-state index is 13.0. The molecule has 28 heavy (non-hydrogen) atoms.